The molecule has 0 bridgehead atoms. The molecule has 0 radical (unpaired) electrons. The van der Waals surface area contributed by atoms with E-state index in [0.717, 1.165) is 18.9 Å². The van der Waals surface area contributed by atoms with Crippen LogP contribution in [0.4, 0.5) is 15.8 Å². The highest BCUT2D eigenvalue weighted by atomic mass is 79.9. The van der Waals surface area contributed by atoms with Crippen LogP contribution >= 0.6 is 15.9 Å². The fraction of sp³-hybridized carbons (Fsp3) is 0.500. The number of rotatable bonds is 5. The van der Waals surface area contributed by atoms with Gasteiger partial charge < -0.3 is 10.6 Å². The number of nitrogens with zero attached hydrogens (tertiary/aromatic N) is 2. The predicted molar refractivity (Wildman–Crippen MR) is 74.7 cm³/mol. The molecule has 2 rings (SSSR count). The summed E-state index contributed by atoms with van der Waals surface area (Å²) >= 11 is 3.07. The number of benzene rings is 1. The van der Waals surface area contributed by atoms with Crippen LogP contribution in [-0.2, 0) is 0 Å². The first-order chi connectivity index (χ1) is 8.95. The summed E-state index contributed by atoms with van der Waals surface area (Å²) in [4.78, 5) is 12.3. The number of nitro benzene ring substituents is 1. The van der Waals surface area contributed by atoms with Crippen LogP contribution in [0.3, 0.4) is 0 Å². The maximum absolute atomic E-state index is 13.4. The van der Waals surface area contributed by atoms with Crippen molar-refractivity contribution in [3.05, 3.63) is 32.5 Å². The summed E-state index contributed by atoms with van der Waals surface area (Å²) in [7, 11) is 1.77. The number of nitro groups is 1. The lowest BCUT2D eigenvalue weighted by molar-refractivity contribution is -0.384. The van der Waals surface area contributed by atoms with Crippen molar-refractivity contribution in [3.8, 4) is 0 Å². The first kappa shape index (κ1) is 14.2. The normalized spacial score (nSPS) is 16.2. The van der Waals surface area contributed by atoms with Gasteiger partial charge in [0.05, 0.1) is 15.5 Å². The van der Waals surface area contributed by atoms with Crippen LogP contribution < -0.4 is 10.6 Å². The monoisotopic (exact) mass is 331 g/mol. The minimum absolute atomic E-state index is 0.0519. The van der Waals surface area contributed by atoms with Gasteiger partial charge in [0.2, 0.25) is 0 Å². The molecule has 1 aliphatic rings. The largest absolute Gasteiger partial charge is 0.364 e. The standard InChI is InChI=1S/C12H15BrFN3O2/c1-16(12(6-15)7-2-3-7)10-4-8(13)9(14)5-11(10)17(18)19/h4-5,7,12H,2-3,6,15H2,1H3. The number of nitrogens with two attached hydrogens (primary N) is 1. The van der Waals surface area contributed by atoms with E-state index in [0.29, 0.717) is 18.2 Å². The Kier molecular flexibility index (Phi) is 4.05. The molecule has 1 aromatic carbocycles. The van der Waals surface area contributed by atoms with Crippen molar-refractivity contribution in [2.75, 3.05) is 18.5 Å². The second-order valence-electron chi connectivity index (χ2n) is 4.76. The van der Waals surface area contributed by atoms with E-state index < -0.39 is 10.7 Å². The Hall–Kier alpha value is -1.21. The molecule has 0 amide bonds. The first-order valence-electron chi connectivity index (χ1n) is 6.02. The Morgan fingerprint density at radius 2 is 2.26 bits per heavy atom. The van der Waals surface area contributed by atoms with Gasteiger partial charge in [0, 0.05) is 19.6 Å². The molecule has 7 heteroatoms. The Labute approximate surface area is 118 Å². The van der Waals surface area contributed by atoms with E-state index in [9.17, 15) is 14.5 Å². The van der Waals surface area contributed by atoms with Crippen molar-refractivity contribution in [2.24, 2.45) is 11.7 Å². The number of hydrogen-bond acceptors (Lipinski definition) is 4. The lowest BCUT2D eigenvalue weighted by Crippen LogP contribution is -2.40. The summed E-state index contributed by atoms with van der Waals surface area (Å²) in [6.45, 7) is 0.424. The smallest absolute Gasteiger partial charge is 0.295 e. The van der Waals surface area contributed by atoms with Gasteiger partial charge in [0.25, 0.3) is 5.69 Å². The summed E-state index contributed by atoms with van der Waals surface area (Å²) in [6, 6.07) is 2.44. The highest BCUT2D eigenvalue weighted by Crippen LogP contribution is 2.39. The zero-order valence-electron chi connectivity index (χ0n) is 10.5. The molecule has 1 saturated carbocycles. The second-order valence-corrected chi connectivity index (χ2v) is 5.62. The van der Waals surface area contributed by atoms with E-state index in [1.807, 2.05) is 0 Å². The third-order valence-corrected chi connectivity index (χ3v) is 4.11. The van der Waals surface area contributed by atoms with Crippen molar-refractivity contribution in [2.45, 2.75) is 18.9 Å². The van der Waals surface area contributed by atoms with Crippen LogP contribution in [0.2, 0.25) is 0 Å². The van der Waals surface area contributed by atoms with E-state index in [4.69, 9.17) is 5.73 Å². The summed E-state index contributed by atoms with van der Waals surface area (Å²) in [5.74, 6) is -0.169. The lowest BCUT2D eigenvalue weighted by atomic mass is 10.1. The van der Waals surface area contributed by atoms with Gasteiger partial charge in [-0.25, -0.2) is 4.39 Å². The molecule has 0 spiro atoms. The highest BCUT2D eigenvalue weighted by molar-refractivity contribution is 9.10. The van der Waals surface area contributed by atoms with E-state index in [1.54, 1.807) is 11.9 Å². The van der Waals surface area contributed by atoms with Crippen molar-refractivity contribution in [1.82, 2.24) is 0 Å². The number of halogens is 2. The molecule has 1 fully saturated rings. The number of hydrogen-bond donors (Lipinski definition) is 1. The zero-order chi connectivity index (χ0) is 14.2. The third-order valence-electron chi connectivity index (χ3n) is 3.50. The van der Waals surface area contributed by atoms with Gasteiger partial charge in [-0.2, -0.15) is 0 Å². The van der Waals surface area contributed by atoms with E-state index in [-0.39, 0.29) is 16.2 Å². The molecule has 0 heterocycles. The molecule has 5 nitrogen and oxygen atoms in total. The van der Waals surface area contributed by atoms with Gasteiger partial charge in [-0.15, -0.1) is 0 Å². The molecule has 1 aliphatic carbocycles. The van der Waals surface area contributed by atoms with Crippen LogP contribution in [0.15, 0.2) is 16.6 Å². The maximum atomic E-state index is 13.4. The lowest BCUT2D eigenvalue weighted by Gasteiger charge is -2.29. The minimum Gasteiger partial charge on any atom is -0.364 e. The van der Waals surface area contributed by atoms with Crippen molar-refractivity contribution in [3.63, 3.8) is 0 Å². The Balaban J connectivity index is 2.41. The molecule has 1 aromatic rings. The summed E-state index contributed by atoms with van der Waals surface area (Å²) < 4.78 is 13.7. The van der Waals surface area contributed by atoms with E-state index in [1.165, 1.54) is 6.07 Å². The maximum Gasteiger partial charge on any atom is 0.295 e. The molecule has 1 atom stereocenters. The van der Waals surface area contributed by atoms with Crippen LogP contribution in [0, 0.1) is 21.8 Å². The van der Waals surface area contributed by atoms with Gasteiger partial charge in [0.1, 0.15) is 11.5 Å². The van der Waals surface area contributed by atoms with Gasteiger partial charge in [-0.3, -0.25) is 10.1 Å². The van der Waals surface area contributed by atoms with Crippen LogP contribution in [-0.4, -0.2) is 24.6 Å². The van der Waals surface area contributed by atoms with Crippen molar-refractivity contribution in [1.29, 1.82) is 0 Å². The number of anilines is 1. The highest BCUT2D eigenvalue weighted by Gasteiger charge is 2.35. The Bertz CT molecular complexity index is 508. The van der Waals surface area contributed by atoms with Crippen molar-refractivity contribution >= 4 is 27.3 Å². The van der Waals surface area contributed by atoms with Gasteiger partial charge >= 0.3 is 0 Å². The average Bonchev–Trinajstić information content (AvgIpc) is 3.17. The molecule has 0 aromatic heterocycles. The topological polar surface area (TPSA) is 72.4 Å². The predicted octanol–water partition coefficient (Wildman–Crippen LogP) is 2.67. The van der Waals surface area contributed by atoms with Crippen LogP contribution in [0.1, 0.15) is 12.8 Å². The molecule has 0 saturated heterocycles. The van der Waals surface area contributed by atoms with Crippen LogP contribution in [0.25, 0.3) is 0 Å². The van der Waals surface area contributed by atoms with E-state index >= 15 is 0 Å². The minimum atomic E-state index is -0.639. The molecular weight excluding hydrogens is 317 g/mol. The Morgan fingerprint density at radius 3 is 2.74 bits per heavy atom. The average molecular weight is 332 g/mol. The summed E-state index contributed by atoms with van der Waals surface area (Å²) in [6.07, 6.45) is 2.17. The molecule has 0 aliphatic heterocycles. The van der Waals surface area contributed by atoms with Gasteiger partial charge in [0.15, 0.2) is 0 Å². The molecular formula is C12H15BrFN3O2. The first-order valence-corrected chi connectivity index (χ1v) is 6.81. The van der Waals surface area contributed by atoms with Crippen LogP contribution in [0.5, 0.6) is 0 Å². The van der Waals surface area contributed by atoms with Crippen molar-refractivity contribution < 1.29 is 9.31 Å². The molecule has 104 valence electrons. The quantitative estimate of drug-likeness (QED) is 0.665. The number of likely N-dealkylation sites (N-methyl/N-ethyl adjacent to an activating group) is 1. The molecule has 2 N–H and O–H groups in total. The SMILES string of the molecule is CN(c1cc(Br)c(F)cc1[N+](=O)[O-])C(CN)C1CC1. The fourth-order valence-corrected chi connectivity index (χ4v) is 2.61. The molecule has 19 heavy (non-hydrogen) atoms. The molecule has 1 unspecified atom stereocenters. The third kappa shape index (κ3) is 2.87. The van der Waals surface area contributed by atoms with Gasteiger partial charge in [-0.05, 0) is 40.8 Å². The zero-order valence-corrected chi connectivity index (χ0v) is 12.1. The fourth-order valence-electron chi connectivity index (χ4n) is 2.28. The Morgan fingerprint density at radius 1 is 1.63 bits per heavy atom. The second kappa shape index (κ2) is 5.42. The summed E-state index contributed by atoms with van der Waals surface area (Å²) in [5, 5.41) is 11.1. The van der Waals surface area contributed by atoms with E-state index in [2.05, 4.69) is 15.9 Å². The summed E-state index contributed by atoms with van der Waals surface area (Å²) in [5.41, 5.74) is 5.90. The van der Waals surface area contributed by atoms with Gasteiger partial charge in [-0.1, -0.05) is 0 Å².